The molecule has 0 saturated heterocycles. The minimum atomic E-state index is -0.181. The van der Waals surface area contributed by atoms with E-state index in [9.17, 15) is 14.4 Å². The van der Waals surface area contributed by atoms with Gasteiger partial charge in [0.1, 0.15) is 11.6 Å². The predicted molar refractivity (Wildman–Crippen MR) is 106 cm³/mol. The van der Waals surface area contributed by atoms with Crippen molar-refractivity contribution in [1.29, 1.82) is 0 Å². The minimum absolute atomic E-state index is 0.0107. The monoisotopic (exact) mass is 402 g/mol. The van der Waals surface area contributed by atoms with Gasteiger partial charge < -0.3 is 9.88 Å². The van der Waals surface area contributed by atoms with Crippen molar-refractivity contribution in [3.63, 3.8) is 0 Å². The van der Waals surface area contributed by atoms with E-state index >= 15 is 0 Å². The molecule has 0 aromatic carbocycles. The zero-order valence-corrected chi connectivity index (χ0v) is 17.0. The molecule has 0 bridgehead atoms. The molecule has 1 aliphatic heterocycles. The zero-order valence-electron chi connectivity index (χ0n) is 16.2. The van der Waals surface area contributed by atoms with Crippen LogP contribution in [-0.2, 0) is 29.1 Å². The molecule has 8 heteroatoms. The van der Waals surface area contributed by atoms with Gasteiger partial charge in [0.2, 0.25) is 5.91 Å². The van der Waals surface area contributed by atoms with Crippen LogP contribution in [0, 0.1) is 6.92 Å². The molecule has 28 heavy (non-hydrogen) atoms. The van der Waals surface area contributed by atoms with Crippen LogP contribution in [0.3, 0.4) is 0 Å². The molecule has 0 atom stereocenters. The van der Waals surface area contributed by atoms with E-state index in [-0.39, 0.29) is 43.2 Å². The quantitative estimate of drug-likeness (QED) is 0.651. The van der Waals surface area contributed by atoms with E-state index in [1.807, 2.05) is 13.0 Å². The smallest absolute Gasteiger partial charge is 0.220 e. The molecule has 2 aromatic heterocycles. The number of Topliss-reactive ketones (excluding diaryl/α,β-unsaturated/α-hetero) is 2. The number of rotatable bonds is 9. The molecular weight excluding hydrogens is 376 g/mol. The number of amides is 1. The molecule has 150 valence electrons. The lowest BCUT2D eigenvalue weighted by Gasteiger charge is -2.08. The van der Waals surface area contributed by atoms with Gasteiger partial charge in [-0.3, -0.25) is 14.4 Å². The average Bonchev–Trinajstić information content (AvgIpc) is 3.21. The molecule has 3 heterocycles. The molecular formula is C20H26N4O3S. The molecule has 3 rings (SSSR count). The largest absolute Gasteiger partial charge is 0.349 e. The number of nitrogens with one attached hydrogen (secondary N) is 1. The Hall–Kier alpha value is -2.35. The fourth-order valence-corrected chi connectivity index (χ4v) is 4.12. The molecule has 0 spiro atoms. The van der Waals surface area contributed by atoms with Gasteiger partial charge >= 0.3 is 0 Å². The first kappa shape index (κ1) is 20.4. The number of carbonyl (C=O) groups excluding carboxylic acids is 3. The van der Waals surface area contributed by atoms with Gasteiger partial charge in [0, 0.05) is 43.5 Å². The summed E-state index contributed by atoms with van der Waals surface area (Å²) in [7, 11) is 0. The van der Waals surface area contributed by atoms with Gasteiger partial charge in [-0.15, -0.1) is 21.5 Å². The normalized spacial score (nSPS) is 13.6. The number of hydrogen-bond acceptors (Lipinski definition) is 6. The molecule has 0 radical (unpaired) electrons. The lowest BCUT2D eigenvalue weighted by molar-refractivity contribution is -0.125. The van der Waals surface area contributed by atoms with Gasteiger partial charge in [-0.05, 0) is 31.9 Å². The highest BCUT2D eigenvalue weighted by Gasteiger charge is 2.16. The highest BCUT2D eigenvalue weighted by molar-refractivity contribution is 7.14. The summed E-state index contributed by atoms with van der Waals surface area (Å²) in [5.74, 6) is 1.51. The van der Waals surface area contributed by atoms with E-state index in [0.29, 0.717) is 11.4 Å². The maximum absolute atomic E-state index is 12.1. The molecule has 0 fully saturated rings. The van der Waals surface area contributed by atoms with Crippen molar-refractivity contribution >= 4 is 28.8 Å². The number of hydrogen-bond donors (Lipinski definition) is 1. The lowest BCUT2D eigenvalue weighted by Crippen LogP contribution is -2.25. The highest BCUT2D eigenvalue weighted by atomic mass is 32.1. The van der Waals surface area contributed by atoms with Crippen LogP contribution in [0.4, 0.5) is 0 Å². The second-order valence-corrected chi connectivity index (χ2v) is 8.43. The van der Waals surface area contributed by atoms with Crippen LogP contribution in [0.2, 0.25) is 0 Å². The summed E-state index contributed by atoms with van der Waals surface area (Å²) in [6.07, 6.45) is 5.01. The topological polar surface area (TPSA) is 93.9 Å². The highest BCUT2D eigenvalue weighted by Crippen LogP contribution is 2.18. The van der Waals surface area contributed by atoms with Crippen molar-refractivity contribution in [3.05, 3.63) is 33.5 Å². The Kier molecular flexibility index (Phi) is 7.08. The van der Waals surface area contributed by atoms with Crippen molar-refractivity contribution < 1.29 is 14.4 Å². The van der Waals surface area contributed by atoms with E-state index in [1.165, 1.54) is 17.8 Å². The summed E-state index contributed by atoms with van der Waals surface area (Å²) >= 11 is 1.44. The predicted octanol–water partition coefficient (Wildman–Crippen LogP) is 3.00. The number of fused-ring (bicyclic) bond motifs is 1. The van der Waals surface area contributed by atoms with Crippen molar-refractivity contribution in [3.8, 4) is 0 Å². The molecule has 2 aromatic rings. The van der Waals surface area contributed by atoms with E-state index in [0.717, 1.165) is 42.3 Å². The Balaban J connectivity index is 1.37. The van der Waals surface area contributed by atoms with Crippen LogP contribution >= 0.6 is 11.3 Å². The van der Waals surface area contributed by atoms with Crippen LogP contribution in [0.25, 0.3) is 0 Å². The van der Waals surface area contributed by atoms with Crippen LogP contribution in [-0.4, -0.2) is 32.2 Å². The molecule has 1 N–H and O–H groups in total. The van der Waals surface area contributed by atoms with E-state index in [1.54, 1.807) is 6.07 Å². The van der Waals surface area contributed by atoms with Gasteiger partial charge in [0.15, 0.2) is 11.6 Å². The van der Waals surface area contributed by atoms with Crippen molar-refractivity contribution in [2.24, 2.45) is 0 Å². The summed E-state index contributed by atoms with van der Waals surface area (Å²) in [5.41, 5.74) is 0. The van der Waals surface area contributed by atoms with E-state index in [4.69, 9.17) is 0 Å². The fraction of sp³-hybridized carbons (Fsp3) is 0.550. The van der Waals surface area contributed by atoms with Gasteiger partial charge in [-0.2, -0.15) is 0 Å². The summed E-state index contributed by atoms with van der Waals surface area (Å²) < 4.78 is 2.09. The van der Waals surface area contributed by atoms with Crippen LogP contribution in [0.15, 0.2) is 12.1 Å². The molecule has 7 nitrogen and oxygen atoms in total. The van der Waals surface area contributed by atoms with E-state index < -0.39 is 0 Å². The Morgan fingerprint density at radius 2 is 1.89 bits per heavy atom. The summed E-state index contributed by atoms with van der Waals surface area (Å²) in [4.78, 5) is 37.9. The lowest BCUT2D eigenvalue weighted by atomic mass is 10.1. The molecule has 0 saturated carbocycles. The summed E-state index contributed by atoms with van der Waals surface area (Å²) in [5, 5.41) is 11.2. The maximum atomic E-state index is 12.1. The Morgan fingerprint density at radius 1 is 1.07 bits per heavy atom. The standard InChI is InChI=1S/C20H26N4O3S/c1-14-6-10-17(28-14)16(26)9-7-15(25)8-11-20(27)21-13-19-23-22-18-5-3-2-4-12-24(18)19/h6,10H,2-5,7-9,11-13H2,1H3,(H,21,27). The van der Waals surface area contributed by atoms with Gasteiger partial charge in [-0.25, -0.2) is 0 Å². The number of nitrogens with zero attached hydrogens (tertiary/aromatic N) is 3. The minimum Gasteiger partial charge on any atom is -0.349 e. The van der Waals surface area contributed by atoms with Crippen molar-refractivity contribution in [2.45, 2.75) is 71.4 Å². The first-order valence-corrected chi connectivity index (χ1v) is 10.6. The summed E-state index contributed by atoms with van der Waals surface area (Å²) in [6, 6.07) is 3.70. The Labute approximate surface area is 168 Å². The zero-order chi connectivity index (χ0) is 19.9. The third kappa shape index (κ3) is 5.58. The molecule has 1 aliphatic rings. The number of aryl methyl sites for hydroxylation is 2. The number of aromatic nitrogens is 3. The van der Waals surface area contributed by atoms with Crippen molar-refractivity contribution in [1.82, 2.24) is 20.1 Å². The second kappa shape index (κ2) is 9.73. The van der Waals surface area contributed by atoms with Crippen LogP contribution in [0.5, 0.6) is 0 Å². The second-order valence-electron chi connectivity index (χ2n) is 7.14. The van der Waals surface area contributed by atoms with Gasteiger partial charge in [-0.1, -0.05) is 6.42 Å². The molecule has 1 amide bonds. The average molecular weight is 403 g/mol. The first-order chi connectivity index (χ1) is 13.5. The first-order valence-electron chi connectivity index (χ1n) is 9.82. The Morgan fingerprint density at radius 3 is 2.68 bits per heavy atom. The SMILES string of the molecule is Cc1ccc(C(=O)CCC(=O)CCC(=O)NCc2nnc3n2CCCCC3)s1. The van der Waals surface area contributed by atoms with Crippen LogP contribution in [0.1, 0.15) is 71.1 Å². The van der Waals surface area contributed by atoms with Gasteiger partial charge in [0.05, 0.1) is 11.4 Å². The van der Waals surface area contributed by atoms with Crippen molar-refractivity contribution in [2.75, 3.05) is 0 Å². The van der Waals surface area contributed by atoms with Crippen LogP contribution < -0.4 is 5.32 Å². The Bertz CT molecular complexity index is 856. The summed E-state index contributed by atoms with van der Waals surface area (Å²) in [6.45, 7) is 3.17. The molecule has 0 aliphatic carbocycles. The van der Waals surface area contributed by atoms with Gasteiger partial charge in [0.25, 0.3) is 0 Å². The third-order valence-electron chi connectivity index (χ3n) is 4.91. The number of thiophene rings is 1. The third-order valence-corrected chi connectivity index (χ3v) is 5.95. The molecule has 0 unspecified atom stereocenters. The number of ketones is 2. The fourth-order valence-electron chi connectivity index (χ4n) is 3.28. The number of carbonyl (C=O) groups is 3. The van der Waals surface area contributed by atoms with E-state index in [2.05, 4.69) is 20.1 Å². The maximum Gasteiger partial charge on any atom is 0.220 e.